The van der Waals surface area contributed by atoms with Crippen LogP contribution in [0, 0.1) is 5.41 Å². The molecule has 4 aliphatic heterocycles. The first-order chi connectivity index (χ1) is 23.6. The lowest BCUT2D eigenvalue weighted by atomic mass is 9.81. The number of ether oxygens (including phenoxy) is 1. The highest BCUT2D eigenvalue weighted by Crippen LogP contribution is 2.36. The molecule has 3 saturated heterocycles. The van der Waals surface area contributed by atoms with Crippen LogP contribution in [0.2, 0.25) is 0 Å². The zero-order valence-corrected chi connectivity index (χ0v) is 28.5. The molecule has 0 radical (unpaired) electrons. The number of aldehydes is 1. The quantitative estimate of drug-likeness (QED) is 0.374. The van der Waals surface area contributed by atoms with Crippen LogP contribution in [-0.4, -0.2) is 102 Å². The minimum Gasteiger partial charge on any atom is -0.378 e. The molecule has 256 valence electrons. The van der Waals surface area contributed by atoms with E-state index in [0.29, 0.717) is 53.3 Å². The van der Waals surface area contributed by atoms with E-state index in [4.69, 9.17) is 4.74 Å². The maximum absolute atomic E-state index is 13.9. The van der Waals surface area contributed by atoms with Crippen LogP contribution < -0.4 is 20.7 Å². The van der Waals surface area contributed by atoms with E-state index in [0.717, 1.165) is 76.3 Å². The summed E-state index contributed by atoms with van der Waals surface area (Å²) in [4.78, 5) is 57.6. The van der Waals surface area contributed by atoms with Crippen LogP contribution in [0.3, 0.4) is 0 Å². The number of nitrogens with one attached hydrogen (secondary N) is 1. The van der Waals surface area contributed by atoms with Crippen LogP contribution in [0.15, 0.2) is 71.6 Å². The molecular weight excluding hydrogens is 620 g/mol. The topological polar surface area (TPSA) is 116 Å². The summed E-state index contributed by atoms with van der Waals surface area (Å²) in [6.45, 7) is 16.0. The Hall–Kier alpha value is -4.81. The normalized spacial score (nSPS) is 21.3. The Bertz CT molecular complexity index is 1850. The SMILES string of the molecule is C=C1/C=C2/C(=O)N(c3nccc(-c4cc(Nc5ccc(N6CCN(C7COC7)CC6)cn5)c(=O)n(C)c4)c3C=O)CCN2CCC(C)(C)C1. The molecule has 0 atom stereocenters. The van der Waals surface area contributed by atoms with Gasteiger partial charge in [0.1, 0.15) is 23.0 Å². The minimum atomic E-state index is -0.237. The smallest absolute Gasteiger partial charge is 0.275 e. The van der Waals surface area contributed by atoms with Gasteiger partial charge in [0.05, 0.1) is 36.7 Å². The standard InChI is InChI=1S/C37H44N8O4/c1-25-17-32-36(48)45(16-15-44(32)10-8-37(2,3)19-25)34-30(22-46)29(7-9-38-34)26-18-31(35(47)41(4)21-26)40-33-6-5-27(20-39-33)42-11-13-43(14-12-42)28-23-49-24-28/h5-7,9,17-18,20-22,28H,1,8,10-16,19,23-24H2,2-4H3,(H,39,40)/b32-17-. The molecule has 0 saturated carbocycles. The van der Waals surface area contributed by atoms with Gasteiger partial charge in [0, 0.05) is 70.8 Å². The molecular formula is C37H44N8O4. The third kappa shape index (κ3) is 6.62. The van der Waals surface area contributed by atoms with Gasteiger partial charge in [-0.15, -0.1) is 0 Å². The number of allylic oxidation sites excluding steroid dienone is 2. The molecule has 3 fully saturated rings. The second-order valence-corrected chi connectivity index (χ2v) is 14.2. The summed E-state index contributed by atoms with van der Waals surface area (Å²) in [5.41, 5.74) is 4.19. The van der Waals surface area contributed by atoms with Crippen LogP contribution in [0.1, 0.15) is 37.0 Å². The predicted molar refractivity (Wildman–Crippen MR) is 190 cm³/mol. The molecule has 49 heavy (non-hydrogen) atoms. The summed E-state index contributed by atoms with van der Waals surface area (Å²) in [6.07, 6.45) is 9.50. The molecule has 0 spiro atoms. The number of rotatable bonds is 7. The third-order valence-corrected chi connectivity index (χ3v) is 10.2. The molecule has 7 heterocycles. The van der Waals surface area contributed by atoms with E-state index >= 15 is 0 Å². The van der Waals surface area contributed by atoms with Crippen molar-refractivity contribution in [1.29, 1.82) is 0 Å². The van der Waals surface area contributed by atoms with Crippen LogP contribution in [-0.2, 0) is 16.6 Å². The largest absolute Gasteiger partial charge is 0.378 e. The van der Waals surface area contributed by atoms with Crippen molar-refractivity contribution in [2.45, 2.75) is 32.7 Å². The monoisotopic (exact) mass is 664 g/mol. The fourth-order valence-corrected chi connectivity index (χ4v) is 7.25. The molecule has 12 heteroatoms. The van der Waals surface area contributed by atoms with Gasteiger partial charge in [0.15, 0.2) is 6.29 Å². The highest BCUT2D eigenvalue weighted by molar-refractivity contribution is 6.09. The first-order valence-electron chi connectivity index (χ1n) is 17.0. The molecule has 7 rings (SSSR count). The lowest BCUT2D eigenvalue weighted by Crippen LogP contribution is -2.56. The number of carbonyl (C=O) groups is 2. The third-order valence-electron chi connectivity index (χ3n) is 10.2. The van der Waals surface area contributed by atoms with Crippen molar-refractivity contribution in [3.05, 3.63) is 82.7 Å². The zero-order chi connectivity index (χ0) is 34.3. The van der Waals surface area contributed by atoms with Gasteiger partial charge in [-0.3, -0.25) is 24.2 Å². The van der Waals surface area contributed by atoms with Crippen molar-refractivity contribution < 1.29 is 14.3 Å². The number of carbonyl (C=O) groups excluding carboxylic acids is 2. The Balaban J connectivity index is 1.12. The van der Waals surface area contributed by atoms with Crippen molar-refractivity contribution in [3.8, 4) is 11.1 Å². The first-order valence-corrected chi connectivity index (χ1v) is 17.0. The number of aromatic nitrogens is 3. The van der Waals surface area contributed by atoms with E-state index in [2.05, 4.69) is 50.4 Å². The summed E-state index contributed by atoms with van der Waals surface area (Å²) in [5, 5.41) is 3.19. The van der Waals surface area contributed by atoms with E-state index in [1.54, 1.807) is 36.5 Å². The van der Waals surface area contributed by atoms with E-state index in [1.807, 2.05) is 24.4 Å². The maximum atomic E-state index is 13.9. The average Bonchev–Trinajstić information content (AvgIpc) is 3.06. The number of piperazine rings is 2. The number of pyridine rings is 3. The van der Waals surface area contributed by atoms with Gasteiger partial charge in [0.25, 0.3) is 11.5 Å². The van der Waals surface area contributed by atoms with Crippen molar-refractivity contribution in [2.24, 2.45) is 12.5 Å². The predicted octanol–water partition coefficient (Wildman–Crippen LogP) is 3.83. The van der Waals surface area contributed by atoms with Crippen molar-refractivity contribution in [3.63, 3.8) is 0 Å². The molecule has 4 aliphatic rings. The van der Waals surface area contributed by atoms with E-state index < -0.39 is 0 Å². The number of hydrogen-bond acceptors (Lipinski definition) is 10. The number of aryl methyl sites for hydroxylation is 1. The van der Waals surface area contributed by atoms with Gasteiger partial charge in [-0.25, -0.2) is 9.97 Å². The first kappa shape index (κ1) is 32.7. The number of amides is 1. The number of fused-ring (bicyclic) bond motifs is 1. The lowest BCUT2D eigenvalue weighted by Gasteiger charge is -2.43. The molecule has 3 aromatic rings. The van der Waals surface area contributed by atoms with Crippen LogP contribution in [0.4, 0.5) is 23.0 Å². The van der Waals surface area contributed by atoms with Gasteiger partial charge in [-0.1, -0.05) is 26.0 Å². The van der Waals surface area contributed by atoms with E-state index in [-0.39, 0.29) is 22.4 Å². The number of anilines is 4. The van der Waals surface area contributed by atoms with Gasteiger partial charge in [-0.2, -0.15) is 0 Å². The highest BCUT2D eigenvalue weighted by atomic mass is 16.5. The molecule has 0 aliphatic carbocycles. The van der Waals surface area contributed by atoms with E-state index in [1.165, 1.54) is 4.57 Å². The molecule has 0 unspecified atom stereocenters. The minimum absolute atomic E-state index is 0.101. The molecule has 1 N–H and O–H groups in total. The fraction of sp³-hybridized carbons (Fsp3) is 0.432. The second-order valence-electron chi connectivity index (χ2n) is 14.2. The highest BCUT2D eigenvalue weighted by Gasteiger charge is 2.35. The second kappa shape index (κ2) is 13.2. The van der Waals surface area contributed by atoms with Crippen molar-refractivity contribution in [1.82, 2.24) is 24.3 Å². The zero-order valence-electron chi connectivity index (χ0n) is 28.5. The molecule has 1 amide bonds. The maximum Gasteiger partial charge on any atom is 0.275 e. The number of hydrogen-bond donors (Lipinski definition) is 1. The summed E-state index contributed by atoms with van der Waals surface area (Å²) in [6, 6.07) is 7.89. The lowest BCUT2D eigenvalue weighted by molar-refractivity contribution is -0.118. The van der Waals surface area contributed by atoms with Crippen LogP contribution >= 0.6 is 0 Å². The van der Waals surface area contributed by atoms with Gasteiger partial charge in [-0.05, 0) is 54.2 Å². The Morgan fingerprint density at radius 1 is 1.00 bits per heavy atom. The molecule has 0 bridgehead atoms. The van der Waals surface area contributed by atoms with E-state index in [9.17, 15) is 14.4 Å². The van der Waals surface area contributed by atoms with Gasteiger partial charge in [0.2, 0.25) is 0 Å². The van der Waals surface area contributed by atoms with Gasteiger partial charge < -0.3 is 24.4 Å². The summed E-state index contributed by atoms with van der Waals surface area (Å²) < 4.78 is 6.83. The fourth-order valence-electron chi connectivity index (χ4n) is 7.25. The Labute approximate surface area is 286 Å². The van der Waals surface area contributed by atoms with Crippen molar-refractivity contribution in [2.75, 3.05) is 74.1 Å². The average molecular weight is 665 g/mol. The molecule has 3 aromatic heterocycles. The summed E-state index contributed by atoms with van der Waals surface area (Å²) >= 11 is 0. The Morgan fingerprint density at radius 3 is 2.47 bits per heavy atom. The molecule has 12 nitrogen and oxygen atoms in total. The van der Waals surface area contributed by atoms with Gasteiger partial charge >= 0.3 is 0 Å². The Kier molecular flexibility index (Phi) is 8.84. The number of nitrogens with zero attached hydrogens (tertiary/aromatic N) is 7. The Morgan fingerprint density at radius 2 is 1.78 bits per heavy atom. The van der Waals surface area contributed by atoms with Crippen molar-refractivity contribution >= 4 is 35.2 Å². The summed E-state index contributed by atoms with van der Waals surface area (Å²) in [5.74, 6) is 0.635. The van der Waals surface area contributed by atoms with Crippen LogP contribution in [0.25, 0.3) is 11.1 Å². The van der Waals surface area contributed by atoms with Crippen LogP contribution in [0.5, 0.6) is 0 Å². The summed E-state index contributed by atoms with van der Waals surface area (Å²) in [7, 11) is 1.67. The molecule has 0 aromatic carbocycles.